The lowest BCUT2D eigenvalue weighted by molar-refractivity contribution is 1.31. The fraction of sp³-hybridized carbons (Fsp3) is 0. The zero-order chi connectivity index (χ0) is 13.2. The van der Waals surface area contributed by atoms with E-state index in [2.05, 4.69) is 25.9 Å². The molecule has 4 heteroatoms. The molecule has 0 aliphatic carbocycles. The Kier molecular flexibility index (Phi) is 3.09. The normalized spacial score (nSPS) is 10.6. The third-order valence-corrected chi connectivity index (χ3v) is 3.44. The summed E-state index contributed by atoms with van der Waals surface area (Å²) in [5.41, 5.74) is 9.57. The van der Waals surface area contributed by atoms with E-state index in [1.165, 1.54) is 0 Å². The molecule has 94 valence electrons. The number of hydrogen-bond acceptors (Lipinski definition) is 2. The second-order valence-electron chi connectivity index (χ2n) is 4.27. The van der Waals surface area contributed by atoms with E-state index in [-0.39, 0.29) is 0 Å². The third-order valence-electron chi connectivity index (χ3n) is 2.92. The minimum atomic E-state index is 0.753. The number of nitrogen functional groups attached to an aromatic ring is 1. The first-order valence-corrected chi connectivity index (χ1v) is 6.68. The van der Waals surface area contributed by atoms with Gasteiger partial charge in [0.2, 0.25) is 0 Å². The van der Waals surface area contributed by atoms with Gasteiger partial charge in [-0.15, -0.1) is 0 Å². The Morgan fingerprint density at radius 3 is 2.21 bits per heavy atom. The van der Waals surface area contributed by atoms with Gasteiger partial charge in [0.05, 0.1) is 11.9 Å². The number of hydrogen-bond donors (Lipinski definition) is 2. The van der Waals surface area contributed by atoms with Crippen molar-refractivity contribution in [3.05, 3.63) is 59.2 Å². The van der Waals surface area contributed by atoms with Crippen molar-refractivity contribution in [2.75, 3.05) is 5.73 Å². The molecule has 0 aliphatic heterocycles. The lowest BCUT2D eigenvalue weighted by Gasteiger charge is -1.99. The number of rotatable bonds is 2. The quantitative estimate of drug-likeness (QED) is 0.700. The highest BCUT2D eigenvalue weighted by Crippen LogP contribution is 2.23. The molecule has 0 spiro atoms. The van der Waals surface area contributed by atoms with Gasteiger partial charge in [-0.3, -0.25) is 0 Å². The third kappa shape index (κ3) is 2.53. The topological polar surface area (TPSA) is 54.7 Å². The van der Waals surface area contributed by atoms with Gasteiger partial charge < -0.3 is 10.7 Å². The minimum Gasteiger partial charge on any atom is -0.399 e. The fourth-order valence-corrected chi connectivity index (χ4v) is 2.15. The Morgan fingerprint density at radius 2 is 1.53 bits per heavy atom. The molecular formula is C15H12BrN3. The molecule has 0 fully saturated rings. The molecule has 0 atom stereocenters. The zero-order valence-corrected chi connectivity index (χ0v) is 11.7. The maximum absolute atomic E-state index is 5.68. The van der Waals surface area contributed by atoms with Crippen LogP contribution in [0.15, 0.2) is 59.2 Å². The molecular weight excluding hydrogens is 302 g/mol. The lowest BCUT2D eigenvalue weighted by Crippen LogP contribution is -1.85. The number of nitrogens with zero attached hydrogens (tertiary/aromatic N) is 1. The highest BCUT2D eigenvalue weighted by atomic mass is 79.9. The van der Waals surface area contributed by atoms with E-state index in [1.54, 1.807) is 0 Å². The molecule has 0 bridgehead atoms. The van der Waals surface area contributed by atoms with E-state index < -0.39 is 0 Å². The molecule has 0 saturated heterocycles. The molecule has 0 unspecified atom stereocenters. The Balaban J connectivity index is 1.95. The molecule has 3 aromatic rings. The van der Waals surface area contributed by atoms with E-state index in [4.69, 9.17) is 5.73 Å². The van der Waals surface area contributed by atoms with Crippen LogP contribution >= 0.6 is 15.9 Å². The molecule has 3 rings (SSSR count). The fourth-order valence-electron chi connectivity index (χ4n) is 1.89. The molecule has 2 aromatic carbocycles. The maximum atomic E-state index is 5.68. The number of H-pyrrole nitrogens is 1. The van der Waals surface area contributed by atoms with Crippen molar-refractivity contribution < 1.29 is 0 Å². The smallest absolute Gasteiger partial charge is 0.137 e. The summed E-state index contributed by atoms with van der Waals surface area (Å²) in [4.78, 5) is 7.72. The first kappa shape index (κ1) is 12.0. The number of imidazole rings is 1. The van der Waals surface area contributed by atoms with Gasteiger partial charge in [-0.2, -0.15) is 0 Å². The van der Waals surface area contributed by atoms with Crippen LogP contribution in [-0.2, 0) is 0 Å². The number of halogens is 1. The summed E-state index contributed by atoms with van der Waals surface area (Å²) >= 11 is 3.43. The van der Waals surface area contributed by atoms with E-state index in [1.807, 2.05) is 54.7 Å². The van der Waals surface area contributed by atoms with Gasteiger partial charge in [-0.25, -0.2) is 4.98 Å². The SMILES string of the molecule is Nc1ccc(-c2ncc(-c3ccc(Br)cc3)[nH]2)cc1. The first-order valence-electron chi connectivity index (χ1n) is 5.89. The van der Waals surface area contributed by atoms with Crippen molar-refractivity contribution in [3.63, 3.8) is 0 Å². The Hall–Kier alpha value is -2.07. The van der Waals surface area contributed by atoms with E-state index in [0.717, 1.165) is 32.8 Å². The molecule has 1 aromatic heterocycles. The Morgan fingerprint density at radius 1 is 0.895 bits per heavy atom. The van der Waals surface area contributed by atoms with Crippen molar-refractivity contribution in [2.24, 2.45) is 0 Å². The van der Waals surface area contributed by atoms with Gasteiger partial charge in [0.1, 0.15) is 5.82 Å². The van der Waals surface area contributed by atoms with Crippen molar-refractivity contribution in [2.45, 2.75) is 0 Å². The maximum Gasteiger partial charge on any atom is 0.137 e. The number of aromatic amines is 1. The van der Waals surface area contributed by atoms with Crippen LogP contribution in [0.4, 0.5) is 5.69 Å². The zero-order valence-electron chi connectivity index (χ0n) is 10.1. The van der Waals surface area contributed by atoms with Gasteiger partial charge in [-0.05, 0) is 42.0 Å². The highest BCUT2D eigenvalue weighted by Gasteiger charge is 2.05. The van der Waals surface area contributed by atoms with Crippen molar-refractivity contribution in [1.82, 2.24) is 9.97 Å². The number of anilines is 1. The van der Waals surface area contributed by atoms with Crippen LogP contribution in [0.2, 0.25) is 0 Å². The summed E-state index contributed by atoms with van der Waals surface area (Å²) in [7, 11) is 0. The summed E-state index contributed by atoms with van der Waals surface area (Å²) in [6.07, 6.45) is 1.84. The van der Waals surface area contributed by atoms with Gasteiger partial charge in [0, 0.05) is 15.7 Å². The van der Waals surface area contributed by atoms with Crippen LogP contribution < -0.4 is 5.73 Å². The van der Waals surface area contributed by atoms with Crippen LogP contribution in [0, 0.1) is 0 Å². The summed E-state index contributed by atoms with van der Waals surface area (Å²) < 4.78 is 1.06. The predicted octanol–water partition coefficient (Wildman–Crippen LogP) is 4.09. The predicted molar refractivity (Wildman–Crippen MR) is 81.6 cm³/mol. The second-order valence-corrected chi connectivity index (χ2v) is 5.19. The van der Waals surface area contributed by atoms with Crippen LogP contribution in [0.3, 0.4) is 0 Å². The van der Waals surface area contributed by atoms with E-state index in [9.17, 15) is 0 Å². The minimum absolute atomic E-state index is 0.753. The van der Waals surface area contributed by atoms with Gasteiger partial charge >= 0.3 is 0 Å². The molecule has 0 saturated carbocycles. The average molecular weight is 314 g/mol. The number of nitrogens with two attached hydrogens (primary N) is 1. The molecule has 1 heterocycles. The van der Waals surface area contributed by atoms with Gasteiger partial charge in [0.25, 0.3) is 0 Å². The molecule has 3 nitrogen and oxygen atoms in total. The van der Waals surface area contributed by atoms with Crippen molar-refractivity contribution in [1.29, 1.82) is 0 Å². The summed E-state index contributed by atoms with van der Waals surface area (Å²) in [5, 5.41) is 0. The monoisotopic (exact) mass is 313 g/mol. The highest BCUT2D eigenvalue weighted by molar-refractivity contribution is 9.10. The molecule has 0 radical (unpaired) electrons. The second kappa shape index (κ2) is 4.90. The molecule has 3 N–H and O–H groups in total. The summed E-state index contributed by atoms with van der Waals surface area (Å²) in [5.74, 6) is 0.845. The Bertz CT molecular complexity index is 624. The van der Waals surface area contributed by atoms with Gasteiger partial charge in [-0.1, -0.05) is 28.1 Å². The van der Waals surface area contributed by atoms with Gasteiger partial charge in [0.15, 0.2) is 0 Å². The first-order chi connectivity index (χ1) is 9.22. The molecule has 0 aliphatic rings. The van der Waals surface area contributed by atoms with Crippen LogP contribution in [0.25, 0.3) is 22.6 Å². The van der Waals surface area contributed by atoms with Crippen LogP contribution in [0.5, 0.6) is 0 Å². The number of aromatic nitrogens is 2. The van der Waals surface area contributed by atoms with Crippen molar-refractivity contribution in [3.8, 4) is 22.6 Å². The van der Waals surface area contributed by atoms with Crippen LogP contribution in [0.1, 0.15) is 0 Å². The number of nitrogens with one attached hydrogen (secondary N) is 1. The van der Waals surface area contributed by atoms with E-state index >= 15 is 0 Å². The lowest BCUT2D eigenvalue weighted by atomic mass is 10.2. The summed E-state index contributed by atoms with van der Waals surface area (Å²) in [6, 6.07) is 15.8. The largest absolute Gasteiger partial charge is 0.399 e. The standard InChI is InChI=1S/C15H12BrN3/c16-12-5-1-10(2-6-12)14-9-18-15(19-14)11-3-7-13(17)8-4-11/h1-9H,17H2,(H,18,19). The Labute approximate surface area is 119 Å². The van der Waals surface area contributed by atoms with Crippen molar-refractivity contribution >= 4 is 21.6 Å². The number of benzene rings is 2. The summed E-state index contributed by atoms with van der Waals surface area (Å²) in [6.45, 7) is 0. The van der Waals surface area contributed by atoms with Crippen LogP contribution in [-0.4, -0.2) is 9.97 Å². The van der Waals surface area contributed by atoms with E-state index in [0.29, 0.717) is 0 Å². The molecule has 19 heavy (non-hydrogen) atoms. The average Bonchev–Trinajstić information content (AvgIpc) is 2.90. The molecule has 0 amide bonds.